The smallest absolute Gasteiger partial charge is 0.246 e. The highest BCUT2D eigenvalue weighted by Gasteiger charge is 2.44. The van der Waals surface area contributed by atoms with Crippen molar-refractivity contribution >= 4 is 41.5 Å². The van der Waals surface area contributed by atoms with Crippen LogP contribution >= 0.6 is 23.7 Å². The van der Waals surface area contributed by atoms with E-state index >= 15 is 0 Å². The lowest BCUT2D eigenvalue weighted by Crippen LogP contribution is -2.58. The molecule has 1 fully saturated rings. The quantitative estimate of drug-likeness (QED) is 0.149. The molecule has 1 saturated heterocycles. The molecule has 0 bridgehead atoms. The van der Waals surface area contributed by atoms with E-state index < -0.39 is 29.5 Å². The molecule has 276 valence electrons. The Morgan fingerprint density at radius 1 is 0.980 bits per heavy atom. The van der Waals surface area contributed by atoms with Gasteiger partial charge >= 0.3 is 0 Å². The molecule has 1 aromatic carbocycles. The number of hydrogen-bond donors (Lipinski definition) is 4. The zero-order valence-electron chi connectivity index (χ0n) is 29.3. The molecule has 0 radical (unpaired) electrons. The van der Waals surface area contributed by atoms with E-state index in [9.17, 15) is 19.5 Å². The van der Waals surface area contributed by atoms with E-state index in [2.05, 4.69) is 15.6 Å². The van der Waals surface area contributed by atoms with Crippen LogP contribution in [0.2, 0.25) is 0 Å². The number of nitrogens with zero attached hydrogens (tertiary/aromatic N) is 2. The summed E-state index contributed by atoms with van der Waals surface area (Å²) >= 11 is 1.58. The summed E-state index contributed by atoms with van der Waals surface area (Å²) in [5.74, 6) is -1.11. The molecule has 4 atom stereocenters. The summed E-state index contributed by atoms with van der Waals surface area (Å²) in [6.07, 6.45) is -0.683. The molecule has 2 aromatic rings. The number of rotatable bonds is 20. The fraction of sp³-hybridized carbons (Fsp3) is 0.647. The number of ether oxygens (including phenoxy) is 4. The van der Waals surface area contributed by atoms with Crippen LogP contribution in [0.4, 0.5) is 0 Å². The fourth-order valence-electron chi connectivity index (χ4n) is 5.26. The summed E-state index contributed by atoms with van der Waals surface area (Å²) in [6.45, 7) is 13.0. The number of hydrogen-bond acceptors (Lipinski definition) is 11. The van der Waals surface area contributed by atoms with Gasteiger partial charge in [0.1, 0.15) is 12.1 Å². The van der Waals surface area contributed by atoms with Crippen molar-refractivity contribution in [2.45, 2.75) is 71.7 Å². The van der Waals surface area contributed by atoms with Crippen LogP contribution in [0.5, 0.6) is 0 Å². The van der Waals surface area contributed by atoms with Gasteiger partial charge in [-0.3, -0.25) is 14.4 Å². The average Bonchev–Trinajstić information content (AvgIpc) is 3.66. The molecule has 1 aliphatic heterocycles. The second-order valence-electron chi connectivity index (χ2n) is 12.9. The molecular formula is C34H54ClN5O8S. The first kappa shape index (κ1) is 42.5. The maximum absolute atomic E-state index is 13.9. The van der Waals surface area contributed by atoms with Crippen LogP contribution in [0.15, 0.2) is 29.8 Å². The molecular weight excluding hydrogens is 674 g/mol. The number of aryl methyl sites for hydroxylation is 1. The van der Waals surface area contributed by atoms with Crippen molar-refractivity contribution < 1.29 is 38.4 Å². The van der Waals surface area contributed by atoms with Crippen LogP contribution in [0.3, 0.4) is 0 Å². The average molecular weight is 728 g/mol. The Labute approximate surface area is 300 Å². The van der Waals surface area contributed by atoms with Gasteiger partial charge in [0.2, 0.25) is 17.7 Å². The molecule has 1 aromatic heterocycles. The summed E-state index contributed by atoms with van der Waals surface area (Å²) in [6, 6.07) is 5.84. The molecule has 0 aliphatic carbocycles. The number of aromatic nitrogens is 1. The number of likely N-dealkylation sites (tertiary alicyclic amines) is 1. The Hall–Kier alpha value is -2.69. The van der Waals surface area contributed by atoms with E-state index in [-0.39, 0.29) is 56.3 Å². The molecule has 49 heavy (non-hydrogen) atoms. The molecule has 15 heteroatoms. The maximum atomic E-state index is 13.9. The summed E-state index contributed by atoms with van der Waals surface area (Å²) in [7, 11) is 0. The Morgan fingerprint density at radius 2 is 1.55 bits per heavy atom. The first-order valence-electron chi connectivity index (χ1n) is 16.5. The number of benzene rings is 1. The van der Waals surface area contributed by atoms with Crippen LogP contribution in [0.1, 0.15) is 57.8 Å². The lowest BCUT2D eigenvalue weighted by Gasteiger charge is -2.35. The van der Waals surface area contributed by atoms with Gasteiger partial charge in [0.05, 0.1) is 81.1 Å². The number of carbonyl (C=O) groups excluding carboxylic acids is 3. The minimum atomic E-state index is -0.908. The molecule has 3 rings (SSSR count). The molecule has 13 nitrogen and oxygen atoms in total. The molecule has 3 amide bonds. The third-order valence-corrected chi connectivity index (χ3v) is 8.89. The third-order valence-electron chi connectivity index (χ3n) is 7.91. The van der Waals surface area contributed by atoms with E-state index in [4.69, 9.17) is 24.7 Å². The van der Waals surface area contributed by atoms with Gasteiger partial charge in [-0.2, -0.15) is 0 Å². The van der Waals surface area contributed by atoms with Gasteiger partial charge in [-0.15, -0.1) is 23.7 Å². The predicted molar refractivity (Wildman–Crippen MR) is 191 cm³/mol. The Bertz CT molecular complexity index is 1290. The largest absolute Gasteiger partial charge is 0.391 e. The fourth-order valence-corrected chi connectivity index (χ4v) is 6.07. The number of aliphatic hydroxyl groups excluding tert-OH is 1. The van der Waals surface area contributed by atoms with Gasteiger partial charge in [0, 0.05) is 25.9 Å². The minimum Gasteiger partial charge on any atom is -0.391 e. The van der Waals surface area contributed by atoms with Crippen LogP contribution in [0, 0.1) is 12.3 Å². The molecule has 5 N–H and O–H groups in total. The van der Waals surface area contributed by atoms with Crippen molar-refractivity contribution in [3.05, 3.63) is 41.0 Å². The molecule has 0 unspecified atom stereocenters. The Balaban J connectivity index is 0.00000833. The van der Waals surface area contributed by atoms with Gasteiger partial charge in [-0.05, 0) is 30.4 Å². The van der Waals surface area contributed by atoms with Crippen molar-refractivity contribution in [1.29, 1.82) is 0 Å². The molecule has 1 aliphatic rings. The first-order valence-corrected chi connectivity index (χ1v) is 17.4. The Kier molecular flexibility index (Phi) is 18.6. The third kappa shape index (κ3) is 13.9. The van der Waals surface area contributed by atoms with E-state index in [0.29, 0.717) is 52.8 Å². The number of β-amino-alcohol motifs (C(OH)–C–C–N with tert-alkyl or cyclic N) is 1. The van der Waals surface area contributed by atoms with Crippen molar-refractivity contribution in [2.75, 3.05) is 65.9 Å². The van der Waals surface area contributed by atoms with E-state index in [1.807, 2.05) is 64.4 Å². The molecule has 2 heterocycles. The van der Waals surface area contributed by atoms with Crippen LogP contribution in [-0.2, 0) is 33.3 Å². The topological polar surface area (TPSA) is 175 Å². The normalized spacial score (nSPS) is 17.3. The number of amides is 3. The predicted octanol–water partition coefficient (Wildman–Crippen LogP) is 2.63. The van der Waals surface area contributed by atoms with E-state index in [1.165, 1.54) is 4.90 Å². The maximum Gasteiger partial charge on any atom is 0.246 e. The van der Waals surface area contributed by atoms with Gasteiger partial charge in [-0.1, -0.05) is 45.0 Å². The minimum absolute atomic E-state index is 0. The lowest BCUT2D eigenvalue weighted by molar-refractivity contribution is -0.144. The summed E-state index contributed by atoms with van der Waals surface area (Å²) < 4.78 is 21.6. The van der Waals surface area contributed by atoms with Crippen LogP contribution in [-0.4, -0.2) is 117 Å². The highest BCUT2D eigenvalue weighted by Crippen LogP contribution is 2.29. The monoisotopic (exact) mass is 727 g/mol. The standard InChI is InChI=1S/C34H53N5O8S.ClH/c1-23(25-6-8-26(9-7-25)30-24(2)36-22-48-30)37-32(42)28-20-27(40)21-39(28)33(43)31(34(3,4)5)38-29(41)10-12-44-14-16-46-18-19-47-17-15-45-13-11-35;/h6-9,22-23,27-28,31,40H,10-21,35H2,1-5H3,(H,37,42)(H,38,41);1H/t23-,27+,28-,31+;/m0./s1. The number of nitrogens with two attached hydrogens (primary N) is 1. The summed E-state index contributed by atoms with van der Waals surface area (Å²) in [5.41, 5.74) is 9.45. The highest BCUT2D eigenvalue weighted by atomic mass is 35.5. The van der Waals surface area contributed by atoms with Crippen molar-refractivity contribution in [3.8, 4) is 10.4 Å². The number of nitrogens with one attached hydrogen (secondary N) is 2. The summed E-state index contributed by atoms with van der Waals surface area (Å²) in [4.78, 5) is 47.0. The number of carbonyl (C=O) groups is 3. The lowest BCUT2D eigenvalue weighted by atomic mass is 9.85. The zero-order valence-corrected chi connectivity index (χ0v) is 30.9. The zero-order chi connectivity index (χ0) is 35.1. The van der Waals surface area contributed by atoms with Gasteiger partial charge in [0.15, 0.2) is 0 Å². The van der Waals surface area contributed by atoms with Gasteiger partial charge in [0.25, 0.3) is 0 Å². The number of aliphatic hydroxyl groups is 1. The van der Waals surface area contributed by atoms with Gasteiger partial charge in [-0.25, -0.2) is 4.98 Å². The molecule has 0 spiro atoms. The Morgan fingerprint density at radius 3 is 2.08 bits per heavy atom. The second kappa shape index (κ2) is 21.5. The van der Waals surface area contributed by atoms with Crippen molar-refractivity contribution in [1.82, 2.24) is 20.5 Å². The number of thiazole rings is 1. The van der Waals surface area contributed by atoms with E-state index in [1.54, 1.807) is 11.3 Å². The number of halogens is 1. The SMILES string of the molecule is Cc1ncsc1-c1ccc([C@H](C)NC(=O)[C@@H]2C[C@@H](O)CN2C(=O)[C@@H](NC(=O)CCOCCOCCOCCOCCN)C(C)(C)C)cc1.Cl. The molecule has 0 saturated carbocycles. The highest BCUT2D eigenvalue weighted by molar-refractivity contribution is 7.13. The summed E-state index contributed by atoms with van der Waals surface area (Å²) in [5, 5.41) is 16.4. The van der Waals surface area contributed by atoms with Gasteiger partial charge < -0.3 is 45.3 Å². The van der Waals surface area contributed by atoms with E-state index in [0.717, 1.165) is 21.7 Å². The first-order chi connectivity index (χ1) is 22.9. The van der Waals surface area contributed by atoms with Crippen molar-refractivity contribution in [3.63, 3.8) is 0 Å². The van der Waals surface area contributed by atoms with Crippen LogP contribution in [0.25, 0.3) is 10.4 Å². The van der Waals surface area contributed by atoms with Crippen LogP contribution < -0.4 is 16.4 Å². The second-order valence-corrected chi connectivity index (χ2v) is 13.7. The van der Waals surface area contributed by atoms with Crippen molar-refractivity contribution in [2.24, 2.45) is 11.1 Å².